The molecule has 0 saturated carbocycles. The minimum atomic E-state index is -0.543. The highest BCUT2D eigenvalue weighted by Crippen LogP contribution is 2.57. The van der Waals surface area contributed by atoms with Crippen LogP contribution in [0.3, 0.4) is 0 Å². The number of fused-ring (bicyclic) bond motifs is 15. The molecule has 12 aromatic carbocycles. The van der Waals surface area contributed by atoms with Crippen molar-refractivity contribution in [2.24, 2.45) is 0 Å². The predicted octanol–water partition coefficient (Wildman–Crippen LogP) is 16.3. The van der Waals surface area contributed by atoms with E-state index < -0.39 is 5.41 Å². The summed E-state index contributed by atoms with van der Waals surface area (Å²) < 4.78 is 0. The molecule has 282 valence electrons. The molecule has 61 heavy (non-hydrogen) atoms. The van der Waals surface area contributed by atoms with Crippen LogP contribution in [-0.2, 0) is 5.41 Å². The van der Waals surface area contributed by atoms with Gasteiger partial charge in [-0.3, -0.25) is 0 Å². The van der Waals surface area contributed by atoms with Crippen molar-refractivity contribution in [2.75, 3.05) is 0 Å². The van der Waals surface area contributed by atoms with E-state index in [0.717, 1.165) is 0 Å². The standard InChI is InChI=1S/C61H38/c1-3-23-49-45(19-1)47-21-5-7-25-51(47)57-37-41(31-33-53(49)57)39-15-13-17-43(35-39)61(59-29-11-9-27-55(59)56-28-10-12-30-60(56)61)44-18-14-16-40(36-44)42-32-34-54-50-24-4-2-20-46(50)48-22-6-8-26-52(48)58(54)38-42/h1-38H. The zero-order valence-corrected chi connectivity index (χ0v) is 33.4. The van der Waals surface area contributed by atoms with Crippen LogP contribution in [0.15, 0.2) is 231 Å². The first-order chi connectivity index (χ1) is 30.3. The maximum Gasteiger partial charge on any atom is 0.0713 e. The first-order valence-corrected chi connectivity index (χ1v) is 21.3. The van der Waals surface area contributed by atoms with Gasteiger partial charge in [-0.25, -0.2) is 0 Å². The molecular weight excluding hydrogens is 733 g/mol. The Kier molecular flexibility index (Phi) is 7.32. The molecule has 0 radical (unpaired) electrons. The number of rotatable bonds is 4. The van der Waals surface area contributed by atoms with Gasteiger partial charge in [0, 0.05) is 0 Å². The number of hydrogen-bond donors (Lipinski definition) is 0. The highest BCUT2D eigenvalue weighted by molar-refractivity contribution is 6.27. The lowest BCUT2D eigenvalue weighted by Gasteiger charge is -2.34. The zero-order valence-electron chi connectivity index (χ0n) is 33.4. The largest absolute Gasteiger partial charge is 0.0713 e. The Balaban J connectivity index is 1.03. The highest BCUT2D eigenvalue weighted by atomic mass is 14.5. The average molecular weight is 771 g/mol. The average Bonchev–Trinajstić information content (AvgIpc) is 3.65. The topological polar surface area (TPSA) is 0 Å². The molecule has 0 amide bonds. The molecule has 0 saturated heterocycles. The monoisotopic (exact) mass is 770 g/mol. The van der Waals surface area contributed by atoms with Gasteiger partial charge < -0.3 is 0 Å². The van der Waals surface area contributed by atoms with Gasteiger partial charge in [0.2, 0.25) is 0 Å². The van der Waals surface area contributed by atoms with Crippen LogP contribution in [0, 0.1) is 0 Å². The Morgan fingerprint density at radius 1 is 0.197 bits per heavy atom. The third-order valence-electron chi connectivity index (χ3n) is 13.7. The summed E-state index contributed by atoms with van der Waals surface area (Å²) in [5.41, 5.74) is 12.1. The smallest absolute Gasteiger partial charge is 0.0619 e. The molecule has 12 aromatic rings. The summed E-state index contributed by atoms with van der Waals surface area (Å²) >= 11 is 0. The van der Waals surface area contributed by atoms with Gasteiger partial charge >= 0.3 is 0 Å². The molecule has 0 aliphatic heterocycles. The Bertz CT molecular complexity index is 3450. The third-order valence-corrected chi connectivity index (χ3v) is 13.7. The Morgan fingerprint density at radius 3 is 0.869 bits per heavy atom. The maximum absolute atomic E-state index is 2.46. The molecule has 0 nitrogen and oxygen atoms in total. The summed E-state index contributed by atoms with van der Waals surface area (Å²) in [5.74, 6) is 0. The van der Waals surface area contributed by atoms with E-state index in [4.69, 9.17) is 0 Å². The molecule has 0 heteroatoms. The van der Waals surface area contributed by atoms with Crippen molar-refractivity contribution in [3.63, 3.8) is 0 Å². The van der Waals surface area contributed by atoms with Crippen LogP contribution >= 0.6 is 0 Å². The van der Waals surface area contributed by atoms with E-state index in [1.165, 1.54) is 120 Å². The van der Waals surface area contributed by atoms with Gasteiger partial charge in [0.1, 0.15) is 0 Å². The molecule has 0 N–H and O–H groups in total. The highest BCUT2D eigenvalue weighted by Gasteiger charge is 2.46. The summed E-state index contributed by atoms with van der Waals surface area (Å²) in [6, 6.07) is 86.4. The van der Waals surface area contributed by atoms with Gasteiger partial charge in [0.25, 0.3) is 0 Å². The van der Waals surface area contributed by atoms with E-state index in [1.807, 2.05) is 0 Å². The predicted molar refractivity (Wildman–Crippen MR) is 260 cm³/mol. The molecule has 0 spiro atoms. The molecule has 0 unspecified atom stereocenters. The van der Waals surface area contributed by atoms with E-state index in [2.05, 4.69) is 231 Å². The zero-order chi connectivity index (χ0) is 40.1. The SMILES string of the molecule is c1cc(-c2ccc3c4ccccc4c4ccccc4c3c2)cc(C2(c3cccc(-c4ccc5c6ccccc6c6ccccc6c5c4)c3)c3ccccc3-c3ccccc32)c1. The van der Waals surface area contributed by atoms with Crippen LogP contribution in [0.5, 0.6) is 0 Å². The van der Waals surface area contributed by atoms with Crippen molar-refractivity contribution < 1.29 is 0 Å². The summed E-state index contributed by atoms with van der Waals surface area (Å²) in [4.78, 5) is 0. The van der Waals surface area contributed by atoms with E-state index >= 15 is 0 Å². The van der Waals surface area contributed by atoms with Crippen molar-refractivity contribution in [3.05, 3.63) is 253 Å². The second kappa shape index (κ2) is 13.1. The molecular formula is C61H38. The molecule has 0 bridgehead atoms. The van der Waals surface area contributed by atoms with Gasteiger partial charge in [-0.1, -0.05) is 206 Å². The molecule has 0 fully saturated rings. The fraction of sp³-hybridized carbons (Fsp3) is 0.0164. The van der Waals surface area contributed by atoms with Crippen molar-refractivity contribution in [3.8, 4) is 33.4 Å². The van der Waals surface area contributed by atoms with Crippen LogP contribution < -0.4 is 0 Å². The molecule has 1 aliphatic rings. The van der Waals surface area contributed by atoms with Crippen molar-refractivity contribution in [2.45, 2.75) is 5.41 Å². The first kappa shape index (κ1) is 34.1. The molecule has 0 atom stereocenters. The molecule has 1 aliphatic carbocycles. The quantitative estimate of drug-likeness (QED) is 0.156. The van der Waals surface area contributed by atoms with E-state index in [1.54, 1.807) is 0 Å². The number of benzene rings is 12. The van der Waals surface area contributed by atoms with Gasteiger partial charge in [-0.05, 0) is 145 Å². The van der Waals surface area contributed by atoms with Crippen molar-refractivity contribution in [1.29, 1.82) is 0 Å². The van der Waals surface area contributed by atoms with Crippen molar-refractivity contribution >= 4 is 64.6 Å². The lowest BCUT2D eigenvalue weighted by molar-refractivity contribution is 0.769. The van der Waals surface area contributed by atoms with E-state index in [9.17, 15) is 0 Å². The van der Waals surface area contributed by atoms with E-state index in [0.29, 0.717) is 0 Å². The first-order valence-electron chi connectivity index (χ1n) is 21.3. The van der Waals surface area contributed by atoms with Gasteiger partial charge in [-0.15, -0.1) is 0 Å². The second-order valence-electron chi connectivity index (χ2n) is 16.7. The van der Waals surface area contributed by atoms with Crippen LogP contribution in [0.1, 0.15) is 22.3 Å². The summed E-state index contributed by atoms with van der Waals surface area (Å²) in [5, 5.41) is 15.5. The van der Waals surface area contributed by atoms with E-state index in [-0.39, 0.29) is 0 Å². The van der Waals surface area contributed by atoms with Gasteiger partial charge in [-0.2, -0.15) is 0 Å². The Morgan fingerprint density at radius 2 is 0.492 bits per heavy atom. The van der Waals surface area contributed by atoms with Crippen molar-refractivity contribution in [1.82, 2.24) is 0 Å². The van der Waals surface area contributed by atoms with Crippen LogP contribution in [0.25, 0.3) is 98.0 Å². The Labute approximate surface area is 354 Å². The normalized spacial score (nSPS) is 13.0. The Hall–Kier alpha value is -7.80. The van der Waals surface area contributed by atoms with Crippen LogP contribution in [-0.4, -0.2) is 0 Å². The van der Waals surface area contributed by atoms with Crippen LogP contribution in [0.4, 0.5) is 0 Å². The van der Waals surface area contributed by atoms with Gasteiger partial charge in [0.05, 0.1) is 5.41 Å². The molecule has 13 rings (SSSR count). The summed E-state index contributed by atoms with van der Waals surface area (Å²) in [6.45, 7) is 0. The third kappa shape index (κ3) is 4.88. The maximum atomic E-state index is 2.46. The minimum absolute atomic E-state index is 0.543. The van der Waals surface area contributed by atoms with Gasteiger partial charge in [0.15, 0.2) is 0 Å². The summed E-state index contributed by atoms with van der Waals surface area (Å²) in [6.07, 6.45) is 0. The lowest BCUT2D eigenvalue weighted by atomic mass is 9.67. The second-order valence-corrected chi connectivity index (χ2v) is 16.7. The minimum Gasteiger partial charge on any atom is -0.0619 e. The fourth-order valence-corrected chi connectivity index (χ4v) is 11.1. The molecule has 0 heterocycles. The van der Waals surface area contributed by atoms with Crippen LogP contribution in [0.2, 0.25) is 0 Å². The summed E-state index contributed by atoms with van der Waals surface area (Å²) in [7, 11) is 0. The lowest BCUT2D eigenvalue weighted by Crippen LogP contribution is -2.28. The fourth-order valence-electron chi connectivity index (χ4n) is 11.1. The number of hydrogen-bond acceptors (Lipinski definition) is 0. The molecule has 0 aromatic heterocycles.